The molecule has 0 aromatic carbocycles. The zero-order valence-corrected chi connectivity index (χ0v) is 22.3. The second-order valence-corrected chi connectivity index (χ2v) is 13.6. The number of aliphatic hydroxyl groups excluding tert-OH is 4. The molecule has 0 aromatic heterocycles. The quantitative estimate of drug-likeness (QED) is 0.459. The molecular weight excluding hydrogens is 428 g/mol. The Morgan fingerprint density at radius 2 is 1.59 bits per heavy atom. The molecule has 0 heterocycles. The Balaban J connectivity index is 1.55. The third-order valence-electron chi connectivity index (χ3n) is 11.8. The molecule has 4 N–H and O–H groups in total. The molecule has 4 rings (SSSR count). The van der Waals surface area contributed by atoms with E-state index in [-0.39, 0.29) is 34.4 Å². The number of ketones is 1. The zero-order chi connectivity index (χ0) is 25.2. The minimum absolute atomic E-state index is 0.0172. The van der Waals surface area contributed by atoms with Crippen molar-refractivity contribution in [3.8, 4) is 0 Å². The molecule has 5 heteroatoms. The number of hydrogen-bond donors (Lipinski definition) is 4. The molecule has 4 aliphatic carbocycles. The van der Waals surface area contributed by atoms with Gasteiger partial charge in [0, 0.05) is 12.3 Å². The lowest BCUT2D eigenvalue weighted by molar-refractivity contribution is -0.175. The summed E-state index contributed by atoms with van der Waals surface area (Å²) >= 11 is 0. The second-order valence-electron chi connectivity index (χ2n) is 13.6. The van der Waals surface area contributed by atoms with Gasteiger partial charge >= 0.3 is 0 Å². The van der Waals surface area contributed by atoms with Crippen LogP contribution in [0.1, 0.15) is 92.9 Å². The van der Waals surface area contributed by atoms with Gasteiger partial charge in [0.05, 0.1) is 24.4 Å². The third kappa shape index (κ3) is 4.01. The van der Waals surface area contributed by atoms with Crippen molar-refractivity contribution in [1.82, 2.24) is 0 Å². The molecule has 0 spiro atoms. The van der Waals surface area contributed by atoms with Crippen LogP contribution in [0.2, 0.25) is 0 Å². The lowest BCUT2D eigenvalue weighted by Gasteiger charge is -2.61. The highest BCUT2D eigenvalue weighted by atomic mass is 16.3. The van der Waals surface area contributed by atoms with E-state index in [1.165, 1.54) is 0 Å². The van der Waals surface area contributed by atoms with Crippen LogP contribution in [0, 0.1) is 58.2 Å². The fourth-order valence-corrected chi connectivity index (χ4v) is 9.89. The number of carbonyl (C=O) groups excluding carboxylic acids is 1. The van der Waals surface area contributed by atoms with Gasteiger partial charge in [0.25, 0.3) is 0 Å². The Hall–Kier alpha value is -0.490. The maximum Gasteiger partial charge on any atom is 0.136 e. The zero-order valence-electron chi connectivity index (χ0n) is 22.3. The first-order chi connectivity index (χ1) is 15.9. The highest BCUT2D eigenvalue weighted by molar-refractivity contribution is 5.83. The minimum atomic E-state index is -0.783. The van der Waals surface area contributed by atoms with Crippen molar-refractivity contribution in [1.29, 1.82) is 0 Å². The lowest BCUT2D eigenvalue weighted by atomic mass is 9.44. The average molecular weight is 479 g/mol. The van der Waals surface area contributed by atoms with Gasteiger partial charge in [0.1, 0.15) is 5.78 Å². The molecule has 0 aliphatic heterocycles. The van der Waals surface area contributed by atoms with E-state index >= 15 is 0 Å². The molecule has 0 saturated heterocycles. The molecule has 4 fully saturated rings. The summed E-state index contributed by atoms with van der Waals surface area (Å²) < 4.78 is 0. The van der Waals surface area contributed by atoms with Crippen LogP contribution in [0.4, 0.5) is 0 Å². The standard InChI is InChI=1S/C29H50O5/c1-7-17(15(2)3)27(34)26(33)16(4)19-8-9-20-18-12-23(30)22-13-24(31)25(32)14-29(22,6)21(18)10-11-28(19,20)5/h15-22,24-27,31-34H,7-14H2,1-6H3/t16-,17-,18-,19-,20-,21-,22+,24-,25+,26+,27+,28+,29+/m0/s1. The van der Waals surface area contributed by atoms with Gasteiger partial charge in [-0.05, 0) is 90.8 Å². The second kappa shape index (κ2) is 9.43. The highest BCUT2D eigenvalue weighted by Crippen LogP contribution is 2.67. The van der Waals surface area contributed by atoms with Crippen LogP contribution in [-0.4, -0.2) is 50.6 Å². The number of aliphatic hydroxyl groups is 4. The van der Waals surface area contributed by atoms with Gasteiger partial charge in [0.2, 0.25) is 0 Å². The summed E-state index contributed by atoms with van der Waals surface area (Å²) in [6, 6.07) is 0. The molecule has 4 saturated carbocycles. The molecule has 4 aliphatic rings. The van der Waals surface area contributed by atoms with Gasteiger partial charge in [-0.3, -0.25) is 4.79 Å². The molecule has 0 bridgehead atoms. The first kappa shape index (κ1) is 26.6. The average Bonchev–Trinajstić information content (AvgIpc) is 3.12. The van der Waals surface area contributed by atoms with Gasteiger partial charge in [-0.25, -0.2) is 0 Å². The summed E-state index contributed by atoms with van der Waals surface area (Å²) in [5, 5.41) is 43.1. The Bertz CT molecular complexity index is 753. The van der Waals surface area contributed by atoms with Crippen LogP contribution in [-0.2, 0) is 4.79 Å². The van der Waals surface area contributed by atoms with Crippen molar-refractivity contribution in [2.45, 2.75) is 117 Å². The maximum absolute atomic E-state index is 13.4. The molecule has 13 atom stereocenters. The van der Waals surface area contributed by atoms with E-state index in [4.69, 9.17) is 0 Å². The highest BCUT2D eigenvalue weighted by Gasteiger charge is 2.63. The number of Topliss-reactive ketones (excluding diaryl/α,β-unsaturated/α-hetero) is 1. The Kier molecular flexibility index (Phi) is 7.37. The van der Waals surface area contributed by atoms with E-state index in [9.17, 15) is 25.2 Å². The van der Waals surface area contributed by atoms with Crippen molar-refractivity contribution in [2.24, 2.45) is 58.2 Å². The molecule has 196 valence electrons. The molecule has 0 unspecified atom stereocenters. The van der Waals surface area contributed by atoms with Gasteiger partial charge in [-0.2, -0.15) is 0 Å². The van der Waals surface area contributed by atoms with Gasteiger partial charge in [-0.1, -0.05) is 48.0 Å². The van der Waals surface area contributed by atoms with Crippen molar-refractivity contribution in [3.63, 3.8) is 0 Å². The molecule has 0 amide bonds. The predicted octanol–water partition coefficient (Wildman–Crippen LogP) is 4.20. The van der Waals surface area contributed by atoms with Crippen LogP contribution in [0.5, 0.6) is 0 Å². The van der Waals surface area contributed by atoms with E-state index in [1.807, 2.05) is 0 Å². The van der Waals surface area contributed by atoms with E-state index in [0.717, 1.165) is 32.1 Å². The molecule has 34 heavy (non-hydrogen) atoms. The summed E-state index contributed by atoms with van der Waals surface area (Å²) in [4.78, 5) is 13.4. The minimum Gasteiger partial charge on any atom is -0.390 e. The van der Waals surface area contributed by atoms with Crippen molar-refractivity contribution < 1.29 is 25.2 Å². The summed E-state index contributed by atoms with van der Waals surface area (Å²) in [5.41, 5.74) is -0.165. The lowest BCUT2D eigenvalue weighted by Crippen LogP contribution is -2.59. The normalized spacial score (nSPS) is 48.0. The monoisotopic (exact) mass is 478 g/mol. The van der Waals surface area contributed by atoms with Gasteiger partial charge < -0.3 is 20.4 Å². The molecular formula is C29H50O5. The molecule has 0 radical (unpaired) electrons. The van der Waals surface area contributed by atoms with Crippen molar-refractivity contribution in [3.05, 3.63) is 0 Å². The van der Waals surface area contributed by atoms with Crippen LogP contribution < -0.4 is 0 Å². The van der Waals surface area contributed by atoms with Gasteiger partial charge in [-0.15, -0.1) is 0 Å². The summed E-state index contributed by atoms with van der Waals surface area (Å²) in [5.74, 6) is 2.12. The van der Waals surface area contributed by atoms with E-state index in [1.54, 1.807) is 0 Å². The van der Waals surface area contributed by atoms with Gasteiger partial charge in [0.15, 0.2) is 0 Å². The Morgan fingerprint density at radius 3 is 2.21 bits per heavy atom. The topological polar surface area (TPSA) is 98.0 Å². The van der Waals surface area contributed by atoms with Crippen LogP contribution in [0.25, 0.3) is 0 Å². The molecule has 5 nitrogen and oxygen atoms in total. The van der Waals surface area contributed by atoms with Crippen molar-refractivity contribution in [2.75, 3.05) is 0 Å². The SMILES string of the molecule is CC[C@@H](C(C)C)[C@@H](O)[C@H](O)[C@@H](C)[C@@H]1CC[C@H]2[C@@H]3CC(=O)[C@H]4C[C@H](O)[C@H](O)C[C@]4(C)[C@H]3CC[C@]12C. The Labute approximate surface area is 206 Å². The van der Waals surface area contributed by atoms with E-state index < -0.39 is 24.4 Å². The fourth-order valence-electron chi connectivity index (χ4n) is 9.89. The molecule has 0 aromatic rings. The summed E-state index contributed by atoms with van der Waals surface area (Å²) in [6.45, 7) is 13.1. The van der Waals surface area contributed by atoms with Crippen LogP contribution >= 0.6 is 0 Å². The number of hydrogen-bond acceptors (Lipinski definition) is 5. The summed E-state index contributed by atoms with van der Waals surface area (Å²) in [7, 11) is 0. The Morgan fingerprint density at radius 1 is 0.941 bits per heavy atom. The van der Waals surface area contributed by atoms with E-state index in [2.05, 4.69) is 41.5 Å². The smallest absolute Gasteiger partial charge is 0.136 e. The van der Waals surface area contributed by atoms with E-state index in [0.29, 0.717) is 48.9 Å². The fraction of sp³-hybridized carbons (Fsp3) is 0.966. The van der Waals surface area contributed by atoms with Crippen LogP contribution in [0.15, 0.2) is 0 Å². The largest absolute Gasteiger partial charge is 0.390 e. The number of fused-ring (bicyclic) bond motifs is 5. The summed E-state index contributed by atoms with van der Waals surface area (Å²) in [6.07, 6.45) is 3.69. The number of rotatable bonds is 6. The first-order valence-electron chi connectivity index (χ1n) is 14.1. The predicted molar refractivity (Wildman–Crippen MR) is 133 cm³/mol. The third-order valence-corrected chi connectivity index (χ3v) is 11.8. The maximum atomic E-state index is 13.4. The number of carbonyl (C=O) groups is 1. The van der Waals surface area contributed by atoms with Crippen molar-refractivity contribution >= 4 is 5.78 Å². The van der Waals surface area contributed by atoms with Crippen LogP contribution in [0.3, 0.4) is 0 Å². The first-order valence-corrected chi connectivity index (χ1v) is 14.1.